The van der Waals surface area contributed by atoms with Gasteiger partial charge in [-0.2, -0.15) is 0 Å². The van der Waals surface area contributed by atoms with Crippen LogP contribution in [0.3, 0.4) is 0 Å². The van der Waals surface area contributed by atoms with Gasteiger partial charge in [0.05, 0.1) is 15.2 Å². The molecule has 2 aromatic rings. The summed E-state index contributed by atoms with van der Waals surface area (Å²) in [5.74, 6) is 0. The fraction of sp³-hybridized carbons (Fsp3) is 0.143. The van der Waals surface area contributed by atoms with E-state index < -0.39 is 6.43 Å². The van der Waals surface area contributed by atoms with Gasteiger partial charge in [-0.25, -0.2) is 8.78 Å². The summed E-state index contributed by atoms with van der Waals surface area (Å²) in [6, 6.07) is 11.8. The minimum atomic E-state index is -2.43. The predicted octanol–water partition coefficient (Wildman–Crippen LogP) is 5.65. The first-order valence-corrected chi connectivity index (χ1v) is 6.80. The highest BCUT2D eigenvalue weighted by Crippen LogP contribution is 2.30. The summed E-state index contributed by atoms with van der Waals surface area (Å²) in [4.78, 5) is 0. The fourth-order valence-electron chi connectivity index (χ4n) is 1.62. The second kappa shape index (κ2) is 6.35. The van der Waals surface area contributed by atoms with E-state index in [2.05, 4.69) is 21.2 Å². The number of alkyl halides is 2. The van der Waals surface area contributed by atoms with E-state index in [1.165, 1.54) is 12.1 Å². The van der Waals surface area contributed by atoms with Crippen LogP contribution >= 0.6 is 27.5 Å². The molecule has 2 rings (SSSR count). The van der Waals surface area contributed by atoms with Crippen molar-refractivity contribution in [2.45, 2.75) is 13.0 Å². The average Bonchev–Trinajstić information content (AvgIpc) is 2.41. The fourth-order valence-corrected chi connectivity index (χ4v) is 2.20. The van der Waals surface area contributed by atoms with Crippen LogP contribution < -0.4 is 5.32 Å². The first-order valence-electron chi connectivity index (χ1n) is 5.63. The molecule has 1 nitrogen and oxygen atoms in total. The number of benzene rings is 2. The highest BCUT2D eigenvalue weighted by molar-refractivity contribution is 9.10. The molecular weight excluding hydrogens is 336 g/mol. The quantitative estimate of drug-likeness (QED) is 0.754. The van der Waals surface area contributed by atoms with Gasteiger partial charge in [0.15, 0.2) is 0 Å². The molecule has 1 N–H and O–H groups in total. The zero-order valence-electron chi connectivity index (χ0n) is 9.84. The van der Waals surface area contributed by atoms with Crippen molar-refractivity contribution < 1.29 is 8.78 Å². The first-order chi connectivity index (χ1) is 9.08. The Kier molecular flexibility index (Phi) is 4.77. The topological polar surface area (TPSA) is 12.0 Å². The maximum absolute atomic E-state index is 12.4. The minimum absolute atomic E-state index is 0.0349. The van der Waals surface area contributed by atoms with Crippen LogP contribution in [0.25, 0.3) is 0 Å². The molecule has 0 bridgehead atoms. The van der Waals surface area contributed by atoms with Crippen LogP contribution in [0.15, 0.2) is 46.9 Å². The molecule has 0 spiro atoms. The normalized spacial score (nSPS) is 10.8. The molecule has 0 saturated heterocycles. The smallest absolute Gasteiger partial charge is 0.263 e. The predicted molar refractivity (Wildman–Crippen MR) is 77.9 cm³/mol. The second-order valence-electron chi connectivity index (χ2n) is 4.00. The third-order valence-electron chi connectivity index (χ3n) is 2.67. The van der Waals surface area contributed by atoms with Crippen molar-refractivity contribution in [2.24, 2.45) is 0 Å². The third-order valence-corrected chi connectivity index (χ3v) is 4.06. The first kappa shape index (κ1) is 14.3. The van der Waals surface area contributed by atoms with Gasteiger partial charge < -0.3 is 5.32 Å². The van der Waals surface area contributed by atoms with E-state index in [1.54, 1.807) is 18.2 Å². The Balaban J connectivity index is 2.04. The van der Waals surface area contributed by atoms with Crippen molar-refractivity contribution in [2.75, 3.05) is 5.32 Å². The van der Waals surface area contributed by atoms with Crippen molar-refractivity contribution >= 4 is 33.2 Å². The van der Waals surface area contributed by atoms with Crippen LogP contribution in [0.1, 0.15) is 17.6 Å². The molecule has 2 aromatic carbocycles. The monoisotopic (exact) mass is 345 g/mol. The standard InChI is InChI=1S/C14H11BrClF2N/c15-13-11(16)2-1-3-12(13)19-8-9-4-6-10(7-5-9)14(17)18/h1-7,14,19H,8H2. The Labute approximate surface area is 123 Å². The number of hydrogen-bond donors (Lipinski definition) is 1. The molecule has 0 fully saturated rings. The van der Waals surface area contributed by atoms with Crippen LogP contribution in [0, 0.1) is 0 Å². The number of halogens is 4. The van der Waals surface area contributed by atoms with E-state index in [1.807, 2.05) is 12.1 Å². The van der Waals surface area contributed by atoms with Crippen molar-refractivity contribution in [1.29, 1.82) is 0 Å². The lowest BCUT2D eigenvalue weighted by Crippen LogP contribution is -2.00. The summed E-state index contributed by atoms with van der Waals surface area (Å²) in [6.07, 6.45) is -2.43. The largest absolute Gasteiger partial charge is 0.380 e. The van der Waals surface area contributed by atoms with Crippen molar-refractivity contribution in [3.63, 3.8) is 0 Å². The van der Waals surface area contributed by atoms with Gasteiger partial charge >= 0.3 is 0 Å². The number of hydrogen-bond acceptors (Lipinski definition) is 1. The highest BCUT2D eigenvalue weighted by atomic mass is 79.9. The van der Waals surface area contributed by atoms with Gasteiger partial charge in [0.25, 0.3) is 6.43 Å². The lowest BCUT2D eigenvalue weighted by Gasteiger charge is -2.10. The summed E-state index contributed by atoms with van der Waals surface area (Å²) < 4.78 is 25.6. The Morgan fingerprint density at radius 2 is 1.79 bits per heavy atom. The second-order valence-corrected chi connectivity index (χ2v) is 5.20. The summed E-state index contributed by atoms with van der Waals surface area (Å²) >= 11 is 9.37. The molecule has 0 aliphatic carbocycles. The van der Waals surface area contributed by atoms with E-state index in [4.69, 9.17) is 11.6 Å². The Morgan fingerprint density at radius 3 is 2.42 bits per heavy atom. The molecule has 0 heterocycles. The van der Waals surface area contributed by atoms with Crippen LogP contribution in [0.4, 0.5) is 14.5 Å². The molecule has 0 aliphatic rings. The van der Waals surface area contributed by atoms with E-state index in [9.17, 15) is 8.78 Å². The van der Waals surface area contributed by atoms with Crippen molar-refractivity contribution in [3.8, 4) is 0 Å². The van der Waals surface area contributed by atoms with Gasteiger partial charge in [-0.1, -0.05) is 41.9 Å². The molecule has 0 aliphatic heterocycles. The van der Waals surface area contributed by atoms with Gasteiger partial charge in [0, 0.05) is 12.1 Å². The van der Waals surface area contributed by atoms with E-state index in [-0.39, 0.29) is 5.56 Å². The Morgan fingerprint density at radius 1 is 1.11 bits per heavy atom. The van der Waals surface area contributed by atoms with Gasteiger partial charge in [-0.15, -0.1) is 0 Å². The summed E-state index contributed by atoms with van der Waals surface area (Å²) in [7, 11) is 0. The van der Waals surface area contributed by atoms with Gasteiger partial charge in [0.2, 0.25) is 0 Å². The number of nitrogens with one attached hydrogen (secondary N) is 1. The zero-order valence-corrected chi connectivity index (χ0v) is 12.2. The van der Waals surface area contributed by atoms with Gasteiger partial charge in [0.1, 0.15) is 0 Å². The molecule has 0 radical (unpaired) electrons. The van der Waals surface area contributed by atoms with Crippen molar-refractivity contribution in [1.82, 2.24) is 0 Å². The minimum Gasteiger partial charge on any atom is -0.380 e. The van der Waals surface area contributed by atoms with Crippen molar-refractivity contribution in [3.05, 3.63) is 63.1 Å². The summed E-state index contributed by atoms with van der Waals surface area (Å²) in [5, 5.41) is 3.82. The third kappa shape index (κ3) is 3.67. The molecule has 0 saturated carbocycles. The maximum Gasteiger partial charge on any atom is 0.263 e. The molecule has 100 valence electrons. The lowest BCUT2D eigenvalue weighted by molar-refractivity contribution is 0.151. The summed E-state index contributed by atoms with van der Waals surface area (Å²) in [6.45, 7) is 0.544. The van der Waals surface area contributed by atoms with Crippen LogP contribution in [-0.2, 0) is 6.54 Å². The van der Waals surface area contributed by atoms with E-state index in [0.717, 1.165) is 15.7 Å². The molecule has 0 unspecified atom stereocenters. The van der Waals surface area contributed by atoms with E-state index >= 15 is 0 Å². The molecule has 19 heavy (non-hydrogen) atoms. The molecule has 0 atom stereocenters. The highest BCUT2D eigenvalue weighted by Gasteiger charge is 2.06. The van der Waals surface area contributed by atoms with E-state index in [0.29, 0.717) is 11.6 Å². The Hall–Kier alpha value is -1.13. The number of rotatable bonds is 4. The molecule has 0 amide bonds. The Bertz CT molecular complexity index is 558. The van der Waals surface area contributed by atoms with Gasteiger partial charge in [-0.3, -0.25) is 0 Å². The average molecular weight is 347 g/mol. The van der Waals surface area contributed by atoms with Crippen LogP contribution in [0.2, 0.25) is 5.02 Å². The number of anilines is 1. The van der Waals surface area contributed by atoms with Crippen LogP contribution in [-0.4, -0.2) is 0 Å². The lowest BCUT2D eigenvalue weighted by atomic mass is 10.1. The molecular formula is C14H11BrClF2N. The zero-order chi connectivity index (χ0) is 13.8. The maximum atomic E-state index is 12.4. The molecule has 0 aromatic heterocycles. The van der Waals surface area contributed by atoms with Crippen LogP contribution in [0.5, 0.6) is 0 Å². The summed E-state index contributed by atoms with van der Waals surface area (Å²) in [5.41, 5.74) is 1.83. The molecule has 5 heteroatoms. The van der Waals surface area contributed by atoms with Gasteiger partial charge in [-0.05, 0) is 33.6 Å². The SMILES string of the molecule is FC(F)c1ccc(CNc2cccc(Cl)c2Br)cc1.